The summed E-state index contributed by atoms with van der Waals surface area (Å²) >= 11 is 0. The van der Waals surface area contributed by atoms with E-state index in [9.17, 15) is 18.0 Å². The Bertz CT molecular complexity index is 1660. The maximum Gasteiger partial charge on any atom is 0.433 e. The van der Waals surface area contributed by atoms with Crippen molar-refractivity contribution in [3.05, 3.63) is 78.4 Å². The molecule has 0 aliphatic carbocycles. The van der Waals surface area contributed by atoms with E-state index in [0.29, 0.717) is 29.1 Å². The third-order valence-corrected chi connectivity index (χ3v) is 5.50. The first-order valence-electron chi connectivity index (χ1n) is 11.3. The molecule has 4 aromatic heterocycles. The van der Waals surface area contributed by atoms with Gasteiger partial charge in [0, 0.05) is 18.0 Å². The van der Waals surface area contributed by atoms with Crippen molar-refractivity contribution >= 4 is 34.6 Å². The van der Waals surface area contributed by atoms with Gasteiger partial charge in [0.05, 0.1) is 20.0 Å². The number of halogens is 3. The van der Waals surface area contributed by atoms with E-state index in [1.165, 1.54) is 24.4 Å². The van der Waals surface area contributed by atoms with Gasteiger partial charge in [-0.05, 0) is 35.9 Å². The van der Waals surface area contributed by atoms with Gasteiger partial charge in [-0.25, -0.2) is 29.7 Å². The fourth-order valence-electron chi connectivity index (χ4n) is 3.73. The first-order chi connectivity index (χ1) is 18.7. The molecule has 198 valence electrons. The highest BCUT2D eigenvalue weighted by atomic mass is 19.4. The summed E-state index contributed by atoms with van der Waals surface area (Å²) in [5.74, 6) is 0.860. The van der Waals surface area contributed by atoms with E-state index in [1.807, 2.05) is 12.1 Å². The maximum absolute atomic E-state index is 13.4. The Morgan fingerprint density at radius 2 is 1.85 bits per heavy atom. The SMILES string of the molecule is COc1ccc(Cn2cnc3c(Nc4ccnc(NC(=O)O)c4)nc(-c4cccc(C(F)(F)F)n4)nc32)cc1. The number of carbonyl (C=O) groups is 1. The molecule has 1 amide bonds. The topological polar surface area (TPSA) is 140 Å². The van der Waals surface area contributed by atoms with Crippen LogP contribution in [0.25, 0.3) is 22.7 Å². The Kier molecular flexibility index (Phi) is 6.66. The third kappa shape index (κ3) is 5.69. The minimum atomic E-state index is -4.65. The molecule has 0 aliphatic rings. The second kappa shape index (κ2) is 10.2. The summed E-state index contributed by atoms with van der Waals surface area (Å²) in [5, 5.41) is 14.2. The highest BCUT2D eigenvalue weighted by Crippen LogP contribution is 2.31. The smallest absolute Gasteiger partial charge is 0.433 e. The van der Waals surface area contributed by atoms with Crippen LogP contribution in [0.4, 0.5) is 35.3 Å². The van der Waals surface area contributed by atoms with Crippen LogP contribution in [0.15, 0.2) is 67.1 Å². The maximum atomic E-state index is 13.4. The van der Waals surface area contributed by atoms with Crippen LogP contribution in [0.3, 0.4) is 0 Å². The molecule has 1 aromatic carbocycles. The molecule has 0 saturated heterocycles. The zero-order chi connectivity index (χ0) is 27.6. The van der Waals surface area contributed by atoms with Crippen molar-refractivity contribution in [3.8, 4) is 17.3 Å². The Morgan fingerprint density at radius 3 is 2.56 bits per heavy atom. The number of nitrogens with zero attached hydrogens (tertiary/aromatic N) is 6. The van der Waals surface area contributed by atoms with E-state index in [0.717, 1.165) is 11.6 Å². The van der Waals surface area contributed by atoms with E-state index in [-0.39, 0.29) is 23.2 Å². The Labute approximate surface area is 218 Å². The number of methoxy groups -OCH3 is 1. The largest absolute Gasteiger partial charge is 0.497 e. The molecule has 0 fully saturated rings. The van der Waals surface area contributed by atoms with Gasteiger partial charge in [0.2, 0.25) is 0 Å². The molecule has 5 rings (SSSR count). The molecule has 4 heterocycles. The molecular formula is C25H19F3N8O3. The molecule has 0 atom stereocenters. The van der Waals surface area contributed by atoms with E-state index < -0.39 is 18.0 Å². The molecule has 5 aromatic rings. The van der Waals surface area contributed by atoms with Crippen LogP contribution in [0.2, 0.25) is 0 Å². The Morgan fingerprint density at radius 1 is 1.05 bits per heavy atom. The molecular weight excluding hydrogens is 517 g/mol. The summed E-state index contributed by atoms with van der Waals surface area (Å²) in [6.45, 7) is 0.355. The number of imidazole rings is 1. The number of alkyl halides is 3. The standard InChI is InChI=1S/C25H19F3N8O3/c1-39-16-7-5-14(6-8-16)12-36-13-30-20-22(31-15-9-10-29-19(11-15)33-24(37)38)34-21(35-23(20)36)17-3-2-4-18(32-17)25(26,27)28/h2-11,13H,12H2,1H3,(H,37,38)(H2,29,31,33,34,35). The number of hydrogen-bond donors (Lipinski definition) is 3. The van der Waals surface area contributed by atoms with Gasteiger partial charge in [0.25, 0.3) is 0 Å². The molecule has 0 radical (unpaired) electrons. The van der Waals surface area contributed by atoms with E-state index in [2.05, 4.69) is 35.6 Å². The first kappa shape index (κ1) is 25.4. The number of nitrogens with one attached hydrogen (secondary N) is 2. The minimum absolute atomic E-state index is 0.0580. The lowest BCUT2D eigenvalue weighted by atomic mass is 10.2. The molecule has 0 aliphatic heterocycles. The van der Waals surface area contributed by atoms with Gasteiger partial charge in [0.1, 0.15) is 23.0 Å². The predicted molar refractivity (Wildman–Crippen MR) is 135 cm³/mol. The second-order valence-electron chi connectivity index (χ2n) is 8.18. The summed E-state index contributed by atoms with van der Waals surface area (Å²) < 4.78 is 47.0. The molecule has 0 bridgehead atoms. The van der Waals surface area contributed by atoms with Gasteiger partial charge in [-0.15, -0.1) is 0 Å². The van der Waals surface area contributed by atoms with Crippen molar-refractivity contribution in [2.45, 2.75) is 12.7 Å². The predicted octanol–water partition coefficient (Wildman–Crippen LogP) is 5.19. The highest BCUT2D eigenvalue weighted by Gasteiger charge is 2.32. The molecule has 0 saturated carbocycles. The van der Waals surface area contributed by atoms with Crippen molar-refractivity contribution < 1.29 is 27.8 Å². The first-order valence-corrected chi connectivity index (χ1v) is 11.3. The highest BCUT2D eigenvalue weighted by molar-refractivity contribution is 5.88. The van der Waals surface area contributed by atoms with Crippen LogP contribution >= 0.6 is 0 Å². The number of fused-ring (bicyclic) bond motifs is 1. The Hall–Kier alpha value is -5.27. The molecule has 11 nitrogen and oxygen atoms in total. The number of aromatic nitrogens is 6. The fourth-order valence-corrected chi connectivity index (χ4v) is 3.73. The van der Waals surface area contributed by atoms with Crippen molar-refractivity contribution in [3.63, 3.8) is 0 Å². The van der Waals surface area contributed by atoms with Crippen LogP contribution in [0.1, 0.15) is 11.3 Å². The van der Waals surface area contributed by atoms with E-state index in [1.54, 1.807) is 36.2 Å². The van der Waals surface area contributed by atoms with Gasteiger partial charge >= 0.3 is 12.3 Å². The number of hydrogen-bond acceptors (Lipinski definition) is 8. The van der Waals surface area contributed by atoms with E-state index in [4.69, 9.17) is 9.84 Å². The van der Waals surface area contributed by atoms with Gasteiger partial charge in [-0.1, -0.05) is 18.2 Å². The van der Waals surface area contributed by atoms with Crippen LogP contribution in [0, 0.1) is 0 Å². The second-order valence-corrected chi connectivity index (χ2v) is 8.18. The van der Waals surface area contributed by atoms with Crippen molar-refractivity contribution in [2.75, 3.05) is 17.7 Å². The lowest BCUT2D eigenvalue weighted by Crippen LogP contribution is -2.10. The zero-order valence-electron chi connectivity index (χ0n) is 20.1. The van der Waals surface area contributed by atoms with Crippen LogP contribution < -0.4 is 15.4 Å². The summed E-state index contributed by atoms with van der Waals surface area (Å²) in [6.07, 6.45) is -3.02. The summed E-state index contributed by atoms with van der Waals surface area (Å²) in [5.41, 5.74) is 0.819. The van der Waals surface area contributed by atoms with Crippen molar-refractivity contribution in [2.24, 2.45) is 0 Å². The lowest BCUT2D eigenvalue weighted by molar-refractivity contribution is -0.141. The molecule has 14 heteroatoms. The number of anilines is 3. The van der Waals surface area contributed by atoms with Crippen LogP contribution in [0.5, 0.6) is 5.75 Å². The normalized spacial score (nSPS) is 11.4. The van der Waals surface area contributed by atoms with Crippen LogP contribution in [-0.2, 0) is 12.7 Å². The molecule has 39 heavy (non-hydrogen) atoms. The quantitative estimate of drug-likeness (QED) is 0.256. The van der Waals surface area contributed by atoms with Crippen molar-refractivity contribution in [1.29, 1.82) is 0 Å². The average Bonchev–Trinajstić information content (AvgIpc) is 3.31. The average molecular weight is 536 g/mol. The van der Waals surface area contributed by atoms with Gasteiger partial charge < -0.3 is 19.7 Å². The number of benzene rings is 1. The minimum Gasteiger partial charge on any atom is -0.497 e. The lowest BCUT2D eigenvalue weighted by Gasteiger charge is -2.11. The Balaban J connectivity index is 1.60. The number of ether oxygens (including phenoxy) is 1. The molecule has 0 unspecified atom stereocenters. The third-order valence-electron chi connectivity index (χ3n) is 5.50. The van der Waals surface area contributed by atoms with Gasteiger partial charge in [-0.2, -0.15) is 13.2 Å². The number of carboxylic acid groups (broad SMARTS) is 1. The van der Waals surface area contributed by atoms with Gasteiger partial charge in [-0.3, -0.25) is 5.32 Å². The number of amides is 1. The number of pyridine rings is 2. The monoisotopic (exact) mass is 536 g/mol. The fraction of sp³-hybridized carbons (Fsp3) is 0.120. The molecule has 0 spiro atoms. The van der Waals surface area contributed by atoms with Gasteiger partial charge in [0.15, 0.2) is 22.8 Å². The van der Waals surface area contributed by atoms with E-state index >= 15 is 0 Å². The summed E-state index contributed by atoms with van der Waals surface area (Å²) in [7, 11) is 1.57. The number of rotatable bonds is 7. The molecule has 3 N–H and O–H groups in total. The summed E-state index contributed by atoms with van der Waals surface area (Å²) in [6, 6.07) is 13.8. The summed E-state index contributed by atoms with van der Waals surface area (Å²) in [4.78, 5) is 32.0. The van der Waals surface area contributed by atoms with Crippen LogP contribution in [-0.4, -0.2) is 47.8 Å². The van der Waals surface area contributed by atoms with Crippen molar-refractivity contribution in [1.82, 2.24) is 29.5 Å². The zero-order valence-corrected chi connectivity index (χ0v) is 20.1.